The molecular weight excluding hydrogens is 200 g/mol. The summed E-state index contributed by atoms with van der Waals surface area (Å²) in [5.74, 6) is 0. The van der Waals surface area contributed by atoms with E-state index in [1.165, 1.54) is 19.5 Å². The molecule has 0 unspecified atom stereocenters. The Labute approximate surface area is 88.1 Å². The van der Waals surface area contributed by atoms with E-state index in [1.54, 1.807) is 21.3 Å². The van der Waals surface area contributed by atoms with Gasteiger partial charge in [-0.1, -0.05) is 0 Å². The summed E-state index contributed by atoms with van der Waals surface area (Å²) < 4.78 is 14.2. The van der Waals surface area contributed by atoms with Crippen LogP contribution in [0.25, 0.3) is 0 Å². The first kappa shape index (κ1) is 14.0. The summed E-state index contributed by atoms with van der Waals surface area (Å²) in [5.41, 5.74) is 5.30. The quantitative estimate of drug-likeness (QED) is 0.623. The highest BCUT2D eigenvalue weighted by Gasteiger charge is 2.10. The number of nitrogens with two attached hydrogens (primary N) is 1. The van der Waals surface area contributed by atoms with Crippen LogP contribution in [0.2, 0.25) is 0 Å². The maximum atomic E-state index is 5.30. The summed E-state index contributed by atoms with van der Waals surface area (Å²) in [6.45, 7) is 4.47. The average molecular weight is 222 g/mol. The highest BCUT2D eigenvalue weighted by Crippen LogP contribution is 2.02. The van der Waals surface area contributed by atoms with E-state index in [9.17, 15) is 0 Å². The number of hydrogen-bond donors (Lipinski definition) is 1. The Balaban J connectivity index is 0.000000241. The van der Waals surface area contributed by atoms with Crippen LogP contribution in [0.15, 0.2) is 0 Å². The van der Waals surface area contributed by atoms with Crippen LogP contribution in [-0.2, 0) is 13.3 Å². The summed E-state index contributed by atoms with van der Waals surface area (Å²) in [6, 6.07) is 0. The molecule has 86 valence electrons. The van der Waals surface area contributed by atoms with Crippen molar-refractivity contribution in [3.05, 3.63) is 0 Å². The molecule has 0 bridgehead atoms. The van der Waals surface area contributed by atoms with Crippen LogP contribution in [0.1, 0.15) is 6.42 Å². The fourth-order valence-electron chi connectivity index (χ4n) is 1.08. The average Bonchev–Trinajstić information content (AvgIpc) is 2.15. The molecule has 1 heterocycles. The van der Waals surface area contributed by atoms with E-state index in [2.05, 4.69) is 4.90 Å². The van der Waals surface area contributed by atoms with Crippen molar-refractivity contribution < 1.29 is 13.3 Å². The summed E-state index contributed by atoms with van der Waals surface area (Å²) in [7, 11) is 3.05. The van der Waals surface area contributed by atoms with Crippen molar-refractivity contribution in [3.8, 4) is 0 Å². The molecule has 0 aromatic heterocycles. The van der Waals surface area contributed by atoms with Crippen molar-refractivity contribution in [3.63, 3.8) is 0 Å². The molecule has 5 nitrogen and oxygen atoms in total. The van der Waals surface area contributed by atoms with Crippen LogP contribution in [-0.4, -0.2) is 61.9 Å². The summed E-state index contributed by atoms with van der Waals surface area (Å²) in [6.07, 6.45) is 1.38. The van der Waals surface area contributed by atoms with E-state index >= 15 is 0 Å². The summed E-state index contributed by atoms with van der Waals surface area (Å²) in [4.78, 5) is 2.36. The Bertz CT molecular complexity index is 116. The maximum Gasteiger partial charge on any atom is 0.483 e. The Kier molecular flexibility index (Phi) is 9.58. The third-order valence-electron chi connectivity index (χ3n) is 1.97. The second-order valence-electron chi connectivity index (χ2n) is 2.98. The maximum absolute atomic E-state index is 5.30. The van der Waals surface area contributed by atoms with Gasteiger partial charge in [0.1, 0.15) is 0 Å². The predicted octanol–water partition coefficient (Wildman–Crippen LogP) is -0.706. The lowest BCUT2D eigenvalue weighted by Gasteiger charge is -2.29. The van der Waals surface area contributed by atoms with E-state index in [1.807, 2.05) is 0 Å². The van der Waals surface area contributed by atoms with Gasteiger partial charge in [-0.2, -0.15) is 0 Å². The van der Waals surface area contributed by atoms with Gasteiger partial charge in [-0.25, -0.2) is 0 Å². The van der Waals surface area contributed by atoms with Gasteiger partial charge in [0.25, 0.3) is 0 Å². The number of rotatable bonds is 5. The summed E-state index contributed by atoms with van der Waals surface area (Å²) in [5, 5.41) is 0. The Hall–Kier alpha value is 0.0169. The van der Waals surface area contributed by atoms with Gasteiger partial charge in [-0.15, -0.1) is 0 Å². The first-order valence-corrected chi connectivity index (χ1v) is 6.20. The van der Waals surface area contributed by atoms with E-state index in [-0.39, 0.29) is 0 Å². The molecule has 1 aliphatic rings. The molecule has 14 heavy (non-hydrogen) atoms. The second kappa shape index (κ2) is 9.57. The molecule has 1 rings (SSSR count). The fraction of sp³-hybridized carbons (Fsp3) is 1.00. The van der Waals surface area contributed by atoms with Crippen LogP contribution in [0, 0.1) is 0 Å². The monoisotopic (exact) mass is 222 g/mol. The Morgan fingerprint density at radius 1 is 1.14 bits per heavy atom. The minimum atomic E-state index is -1.67. The van der Waals surface area contributed by atoms with Gasteiger partial charge in [0.15, 0.2) is 0 Å². The van der Waals surface area contributed by atoms with Gasteiger partial charge in [0.2, 0.25) is 0 Å². The van der Waals surface area contributed by atoms with Crippen LogP contribution in [0.3, 0.4) is 0 Å². The zero-order valence-electron chi connectivity index (χ0n) is 9.36. The van der Waals surface area contributed by atoms with E-state index < -0.39 is 9.53 Å². The molecule has 1 saturated heterocycles. The van der Waals surface area contributed by atoms with Gasteiger partial charge in [-0.05, 0) is 19.5 Å². The molecule has 0 spiro atoms. The molecule has 0 atom stereocenters. The zero-order valence-corrected chi connectivity index (χ0v) is 10.5. The minimum Gasteiger partial charge on any atom is -0.379 e. The van der Waals surface area contributed by atoms with Gasteiger partial charge in [0.05, 0.1) is 0 Å². The predicted molar refractivity (Wildman–Crippen MR) is 58.3 cm³/mol. The van der Waals surface area contributed by atoms with Crippen molar-refractivity contribution in [1.82, 2.24) is 4.90 Å². The zero-order chi connectivity index (χ0) is 10.8. The normalized spacial score (nSPS) is 16.1. The minimum absolute atomic E-state index is 0.819. The Morgan fingerprint density at radius 3 is 1.71 bits per heavy atom. The molecule has 0 aliphatic carbocycles. The lowest BCUT2D eigenvalue weighted by molar-refractivity contribution is 0.163. The number of nitrogens with zero attached hydrogens (tertiary/aromatic N) is 1. The van der Waals surface area contributed by atoms with Crippen molar-refractivity contribution in [2.45, 2.75) is 6.42 Å². The lowest BCUT2D eigenvalue weighted by Crippen LogP contribution is -2.40. The highest BCUT2D eigenvalue weighted by atomic mass is 28.3. The molecule has 1 aliphatic heterocycles. The van der Waals surface area contributed by atoms with Crippen molar-refractivity contribution in [2.75, 3.05) is 47.5 Å². The highest BCUT2D eigenvalue weighted by molar-refractivity contribution is 6.36. The Morgan fingerprint density at radius 2 is 1.64 bits per heavy atom. The SMILES string of the molecule is CO[SiH](OC)OC.NCCN1CCC1. The first-order chi connectivity index (χ1) is 6.78. The third kappa shape index (κ3) is 6.47. The molecule has 0 aromatic carbocycles. The van der Waals surface area contributed by atoms with Gasteiger partial charge < -0.3 is 23.9 Å². The van der Waals surface area contributed by atoms with E-state index in [4.69, 9.17) is 19.0 Å². The largest absolute Gasteiger partial charge is 0.483 e. The van der Waals surface area contributed by atoms with Crippen LogP contribution in [0.4, 0.5) is 0 Å². The molecule has 2 N–H and O–H groups in total. The molecule has 0 amide bonds. The number of hydrogen-bond acceptors (Lipinski definition) is 5. The van der Waals surface area contributed by atoms with Crippen molar-refractivity contribution in [2.24, 2.45) is 5.73 Å². The molecule has 0 radical (unpaired) electrons. The lowest BCUT2D eigenvalue weighted by atomic mass is 10.2. The van der Waals surface area contributed by atoms with Crippen LogP contribution in [0.5, 0.6) is 0 Å². The van der Waals surface area contributed by atoms with Gasteiger partial charge in [0, 0.05) is 34.4 Å². The molecule has 6 heteroatoms. The van der Waals surface area contributed by atoms with Gasteiger partial charge in [-0.3, -0.25) is 0 Å². The molecule has 1 fully saturated rings. The molecule has 0 aromatic rings. The molecule has 0 saturated carbocycles. The third-order valence-corrected chi connectivity index (χ3v) is 3.13. The number of likely N-dealkylation sites (tertiary alicyclic amines) is 1. The molecular formula is C8H22N2O3Si. The topological polar surface area (TPSA) is 57.0 Å². The summed E-state index contributed by atoms with van der Waals surface area (Å²) >= 11 is 0. The van der Waals surface area contributed by atoms with E-state index in [0.29, 0.717) is 0 Å². The van der Waals surface area contributed by atoms with Crippen molar-refractivity contribution in [1.29, 1.82) is 0 Å². The smallest absolute Gasteiger partial charge is 0.379 e. The first-order valence-electron chi connectivity index (χ1n) is 4.79. The van der Waals surface area contributed by atoms with Gasteiger partial charge >= 0.3 is 9.53 Å². The fourth-order valence-corrected chi connectivity index (χ4v) is 1.65. The second-order valence-corrected chi connectivity index (χ2v) is 4.97. The van der Waals surface area contributed by atoms with E-state index in [0.717, 1.165) is 13.1 Å². The van der Waals surface area contributed by atoms with Crippen molar-refractivity contribution >= 4 is 9.53 Å². The van der Waals surface area contributed by atoms with Crippen LogP contribution < -0.4 is 5.73 Å². The van der Waals surface area contributed by atoms with Crippen LogP contribution >= 0.6 is 0 Å². The standard InChI is InChI=1S/C5H12N2.C3H10O3Si/c6-2-5-7-3-1-4-7;1-4-7(5-2)6-3/h1-6H2;7H,1-3H3.